The Morgan fingerprint density at radius 2 is 1.88 bits per heavy atom. The number of nitrogens with zero attached hydrogens (tertiary/aromatic N) is 1. The Morgan fingerprint density at radius 1 is 1.16 bits per heavy atom. The number of fused-ring (bicyclic) bond motifs is 1. The summed E-state index contributed by atoms with van der Waals surface area (Å²) in [5.41, 5.74) is 2.00. The fourth-order valence-electron chi connectivity index (χ4n) is 4.18. The highest BCUT2D eigenvalue weighted by Gasteiger charge is 2.27. The van der Waals surface area contributed by atoms with Gasteiger partial charge in [-0.2, -0.15) is 0 Å². The van der Waals surface area contributed by atoms with Crippen LogP contribution in [-0.4, -0.2) is 42.8 Å². The molecule has 0 spiro atoms. The van der Waals surface area contributed by atoms with E-state index in [0.717, 1.165) is 5.56 Å². The van der Waals surface area contributed by atoms with Crippen LogP contribution in [0.4, 0.5) is 0 Å². The Hall–Kier alpha value is -3.32. The SMILES string of the molecule is CCOC(=O)C1CCN(Cc2c(O)ccc3c(=O)c(-c4ccc(OC)cc4)coc23)CC1. The third kappa shape index (κ3) is 4.34. The van der Waals surface area contributed by atoms with E-state index >= 15 is 0 Å². The number of aromatic hydroxyl groups is 1. The zero-order valence-corrected chi connectivity index (χ0v) is 18.3. The molecule has 1 aliphatic heterocycles. The van der Waals surface area contributed by atoms with Crippen molar-refractivity contribution in [3.8, 4) is 22.6 Å². The second-order valence-corrected chi connectivity index (χ2v) is 7.95. The van der Waals surface area contributed by atoms with E-state index in [1.165, 1.54) is 12.3 Å². The van der Waals surface area contributed by atoms with Gasteiger partial charge in [-0.3, -0.25) is 14.5 Å². The van der Waals surface area contributed by atoms with Gasteiger partial charge in [-0.1, -0.05) is 12.1 Å². The Morgan fingerprint density at radius 3 is 2.53 bits per heavy atom. The van der Waals surface area contributed by atoms with Crippen LogP contribution in [0.15, 0.2) is 51.9 Å². The molecule has 1 aromatic heterocycles. The molecule has 3 aromatic rings. The maximum atomic E-state index is 13.2. The molecule has 168 valence electrons. The monoisotopic (exact) mass is 437 g/mol. The molecule has 0 radical (unpaired) electrons. The number of phenols is 1. The lowest BCUT2D eigenvalue weighted by molar-refractivity contribution is -0.149. The molecule has 0 bridgehead atoms. The number of carbonyl (C=O) groups is 1. The topological polar surface area (TPSA) is 89.2 Å². The van der Waals surface area contributed by atoms with E-state index in [4.69, 9.17) is 13.9 Å². The van der Waals surface area contributed by atoms with Gasteiger partial charge in [0.15, 0.2) is 0 Å². The first-order chi connectivity index (χ1) is 15.5. The molecule has 2 heterocycles. The van der Waals surface area contributed by atoms with Crippen LogP contribution in [-0.2, 0) is 16.1 Å². The Balaban J connectivity index is 1.59. The van der Waals surface area contributed by atoms with Crippen molar-refractivity contribution < 1.29 is 23.8 Å². The van der Waals surface area contributed by atoms with E-state index in [1.54, 1.807) is 25.3 Å². The molecule has 32 heavy (non-hydrogen) atoms. The molecule has 0 unspecified atom stereocenters. The maximum absolute atomic E-state index is 13.2. The third-order valence-electron chi connectivity index (χ3n) is 6.01. The van der Waals surface area contributed by atoms with Crippen molar-refractivity contribution in [1.82, 2.24) is 4.90 Å². The molecule has 7 heteroatoms. The molecule has 0 atom stereocenters. The van der Waals surface area contributed by atoms with Crippen LogP contribution < -0.4 is 10.2 Å². The lowest BCUT2D eigenvalue weighted by Crippen LogP contribution is -2.36. The van der Waals surface area contributed by atoms with Gasteiger partial charge in [0.1, 0.15) is 23.3 Å². The standard InChI is InChI=1S/C25H27NO6/c1-3-31-25(29)17-10-12-26(13-11-17)14-20-22(27)9-8-19-23(28)21(15-32-24(19)20)16-4-6-18(30-2)7-5-16/h4-9,15,17,27H,3,10-14H2,1-2H3. The highest BCUT2D eigenvalue weighted by Crippen LogP contribution is 2.31. The van der Waals surface area contributed by atoms with Gasteiger partial charge >= 0.3 is 5.97 Å². The average molecular weight is 437 g/mol. The molecule has 0 aliphatic carbocycles. The van der Waals surface area contributed by atoms with Crippen LogP contribution in [0.3, 0.4) is 0 Å². The van der Waals surface area contributed by atoms with Crippen LogP contribution in [0.2, 0.25) is 0 Å². The van der Waals surface area contributed by atoms with Gasteiger partial charge < -0.3 is 19.0 Å². The molecule has 4 rings (SSSR count). The van der Waals surface area contributed by atoms with Gasteiger partial charge in [0.2, 0.25) is 5.43 Å². The summed E-state index contributed by atoms with van der Waals surface area (Å²) in [6, 6.07) is 10.3. The van der Waals surface area contributed by atoms with Crippen molar-refractivity contribution >= 4 is 16.9 Å². The molecule has 7 nitrogen and oxygen atoms in total. The second-order valence-electron chi connectivity index (χ2n) is 7.95. The second kappa shape index (κ2) is 9.44. The molecule has 1 fully saturated rings. The van der Waals surface area contributed by atoms with Crippen LogP contribution in [0.25, 0.3) is 22.1 Å². The van der Waals surface area contributed by atoms with E-state index in [-0.39, 0.29) is 23.1 Å². The first-order valence-electron chi connectivity index (χ1n) is 10.8. The third-order valence-corrected chi connectivity index (χ3v) is 6.01. The van der Waals surface area contributed by atoms with Crippen LogP contribution >= 0.6 is 0 Å². The Labute approximate surface area is 186 Å². The summed E-state index contributed by atoms with van der Waals surface area (Å²) in [5.74, 6) is 0.567. The number of methoxy groups -OCH3 is 1. The highest BCUT2D eigenvalue weighted by molar-refractivity contribution is 5.85. The summed E-state index contributed by atoms with van der Waals surface area (Å²) in [6.07, 6.45) is 2.86. The molecule has 0 amide bonds. The van der Waals surface area contributed by atoms with Crippen molar-refractivity contribution in [2.75, 3.05) is 26.8 Å². The normalized spacial score (nSPS) is 15.1. The van der Waals surface area contributed by atoms with Gasteiger partial charge in [-0.05, 0) is 62.7 Å². The quantitative estimate of drug-likeness (QED) is 0.584. The minimum atomic E-state index is -0.154. The van der Waals surface area contributed by atoms with Gasteiger partial charge in [0.05, 0.1) is 36.1 Å². The van der Waals surface area contributed by atoms with Crippen molar-refractivity contribution in [3.63, 3.8) is 0 Å². The van der Waals surface area contributed by atoms with Crippen molar-refractivity contribution in [2.24, 2.45) is 5.92 Å². The van der Waals surface area contributed by atoms with Crippen molar-refractivity contribution in [3.05, 3.63) is 58.4 Å². The number of hydrogen-bond acceptors (Lipinski definition) is 7. The van der Waals surface area contributed by atoms with Gasteiger partial charge in [0.25, 0.3) is 0 Å². The number of benzene rings is 2. The number of carbonyl (C=O) groups excluding carboxylic acids is 1. The van der Waals surface area contributed by atoms with E-state index in [9.17, 15) is 14.7 Å². The maximum Gasteiger partial charge on any atom is 0.309 e. The first-order valence-corrected chi connectivity index (χ1v) is 10.8. The van der Waals surface area contributed by atoms with Crippen LogP contribution in [0, 0.1) is 5.92 Å². The largest absolute Gasteiger partial charge is 0.507 e. The number of piperidine rings is 1. The van der Waals surface area contributed by atoms with E-state index < -0.39 is 0 Å². The van der Waals surface area contributed by atoms with Crippen molar-refractivity contribution in [2.45, 2.75) is 26.3 Å². The first kappa shape index (κ1) is 21.9. The van der Waals surface area contributed by atoms with E-state index in [0.29, 0.717) is 66.9 Å². The summed E-state index contributed by atoms with van der Waals surface area (Å²) in [4.78, 5) is 27.3. The fraction of sp³-hybridized carbons (Fsp3) is 0.360. The molecule has 0 saturated carbocycles. The smallest absolute Gasteiger partial charge is 0.309 e. The summed E-state index contributed by atoms with van der Waals surface area (Å²) in [5, 5.41) is 10.9. The molecular formula is C25H27NO6. The van der Waals surface area contributed by atoms with Gasteiger partial charge in [0, 0.05) is 6.54 Å². The molecular weight excluding hydrogens is 410 g/mol. The number of phenolic OH excluding ortho intramolecular Hbond substituents is 1. The molecule has 1 N–H and O–H groups in total. The molecule has 1 aliphatic rings. The summed E-state index contributed by atoms with van der Waals surface area (Å²) in [6.45, 7) is 4.04. The number of ether oxygens (including phenoxy) is 2. The predicted molar refractivity (Wildman–Crippen MR) is 121 cm³/mol. The fourth-order valence-corrected chi connectivity index (χ4v) is 4.18. The average Bonchev–Trinajstić information content (AvgIpc) is 2.82. The van der Waals surface area contributed by atoms with Crippen LogP contribution in [0.5, 0.6) is 11.5 Å². The number of esters is 1. The van der Waals surface area contributed by atoms with E-state index in [2.05, 4.69) is 4.90 Å². The number of rotatable bonds is 6. The van der Waals surface area contributed by atoms with Gasteiger partial charge in [-0.25, -0.2) is 0 Å². The van der Waals surface area contributed by atoms with Crippen molar-refractivity contribution in [1.29, 1.82) is 0 Å². The zero-order chi connectivity index (χ0) is 22.7. The minimum absolute atomic E-state index is 0.0858. The number of hydrogen-bond donors (Lipinski definition) is 1. The Bertz CT molecular complexity index is 1160. The van der Waals surface area contributed by atoms with Gasteiger partial charge in [-0.15, -0.1) is 0 Å². The lowest BCUT2D eigenvalue weighted by Gasteiger charge is -2.31. The number of likely N-dealkylation sites (tertiary alicyclic amines) is 1. The summed E-state index contributed by atoms with van der Waals surface area (Å²) < 4.78 is 16.2. The summed E-state index contributed by atoms with van der Waals surface area (Å²) in [7, 11) is 1.59. The van der Waals surface area contributed by atoms with E-state index in [1.807, 2.05) is 19.1 Å². The Kier molecular flexibility index (Phi) is 6.46. The molecule has 1 saturated heterocycles. The zero-order valence-electron chi connectivity index (χ0n) is 18.3. The predicted octanol–water partition coefficient (Wildman–Crippen LogP) is 3.95. The highest BCUT2D eigenvalue weighted by atomic mass is 16.5. The summed E-state index contributed by atoms with van der Waals surface area (Å²) >= 11 is 0. The minimum Gasteiger partial charge on any atom is -0.507 e. The van der Waals surface area contributed by atoms with Crippen LogP contribution in [0.1, 0.15) is 25.3 Å². The lowest BCUT2D eigenvalue weighted by atomic mass is 9.96. The molecule has 2 aromatic carbocycles.